The maximum Gasteiger partial charge on any atom is 0.253 e. The van der Waals surface area contributed by atoms with E-state index in [0.29, 0.717) is 15.6 Å². The summed E-state index contributed by atoms with van der Waals surface area (Å²) in [6, 6.07) is 4.67. The van der Waals surface area contributed by atoms with Crippen LogP contribution in [0, 0.1) is 0 Å². The third-order valence-electron chi connectivity index (χ3n) is 2.08. The Hall–Kier alpha value is -0.770. The Morgan fingerprint density at radius 2 is 1.76 bits per heavy atom. The number of halogens is 2. The summed E-state index contributed by atoms with van der Waals surface area (Å²) < 4.78 is 0. The van der Waals surface area contributed by atoms with Gasteiger partial charge in [-0.1, -0.05) is 23.2 Å². The molecule has 0 heterocycles. The Kier molecular flexibility index (Phi) is 4.42. The maximum absolute atomic E-state index is 12.0. The van der Waals surface area contributed by atoms with Crippen LogP contribution in [0.5, 0.6) is 0 Å². The molecule has 0 aliphatic carbocycles. The van der Waals surface area contributed by atoms with Gasteiger partial charge in [0.25, 0.3) is 5.91 Å². The summed E-state index contributed by atoms with van der Waals surface area (Å²) >= 11 is 11.7. The van der Waals surface area contributed by atoms with E-state index >= 15 is 0 Å². The molecule has 0 aliphatic rings. The van der Waals surface area contributed by atoms with Gasteiger partial charge in [0.1, 0.15) is 0 Å². The number of hydrogen-bond acceptors (Lipinski definition) is 2. The summed E-state index contributed by atoms with van der Waals surface area (Å²) in [6.45, 7) is 3.51. The number of likely N-dealkylation sites (N-methyl/N-ethyl adjacent to an activating group) is 1. The van der Waals surface area contributed by atoms with Gasteiger partial charge in [0, 0.05) is 29.2 Å². The van der Waals surface area contributed by atoms with Crippen molar-refractivity contribution in [2.45, 2.75) is 19.4 Å². The first kappa shape index (κ1) is 14.3. The summed E-state index contributed by atoms with van der Waals surface area (Å²) in [7, 11) is 1.62. The van der Waals surface area contributed by atoms with Crippen molar-refractivity contribution in [1.82, 2.24) is 4.90 Å². The molecule has 3 nitrogen and oxygen atoms in total. The van der Waals surface area contributed by atoms with E-state index in [4.69, 9.17) is 23.2 Å². The molecular weight excluding hydrogens is 261 g/mol. The molecule has 0 bridgehead atoms. The average Bonchev–Trinajstić information content (AvgIpc) is 2.12. The number of carbonyl (C=O) groups is 1. The molecule has 0 atom stereocenters. The quantitative estimate of drug-likeness (QED) is 0.922. The highest BCUT2D eigenvalue weighted by Crippen LogP contribution is 2.20. The van der Waals surface area contributed by atoms with Crippen molar-refractivity contribution in [1.29, 1.82) is 0 Å². The normalized spacial score (nSPS) is 11.4. The van der Waals surface area contributed by atoms with Crippen molar-refractivity contribution >= 4 is 29.1 Å². The summed E-state index contributed by atoms with van der Waals surface area (Å²) in [5.41, 5.74) is -0.526. The number of benzene rings is 1. The molecule has 0 saturated heterocycles. The van der Waals surface area contributed by atoms with Crippen molar-refractivity contribution in [3.63, 3.8) is 0 Å². The second-order valence-corrected chi connectivity index (χ2v) is 5.50. The lowest BCUT2D eigenvalue weighted by Crippen LogP contribution is -2.39. The van der Waals surface area contributed by atoms with Gasteiger partial charge in [-0.15, -0.1) is 0 Å². The molecule has 1 amide bonds. The van der Waals surface area contributed by atoms with Gasteiger partial charge in [-0.3, -0.25) is 4.79 Å². The number of nitrogens with zero attached hydrogens (tertiary/aromatic N) is 1. The fourth-order valence-corrected chi connectivity index (χ4v) is 2.08. The van der Waals surface area contributed by atoms with Crippen LogP contribution in [0.1, 0.15) is 24.2 Å². The minimum absolute atomic E-state index is 0.225. The van der Waals surface area contributed by atoms with Crippen molar-refractivity contribution in [3.05, 3.63) is 33.8 Å². The lowest BCUT2D eigenvalue weighted by Gasteiger charge is -2.25. The van der Waals surface area contributed by atoms with E-state index in [1.54, 1.807) is 39.1 Å². The molecule has 1 rings (SSSR count). The smallest absolute Gasteiger partial charge is 0.253 e. The van der Waals surface area contributed by atoms with Gasteiger partial charge < -0.3 is 10.0 Å². The molecular formula is C12H15Cl2NO2. The molecule has 0 unspecified atom stereocenters. The van der Waals surface area contributed by atoms with Crippen LogP contribution in [0.3, 0.4) is 0 Å². The van der Waals surface area contributed by atoms with E-state index in [1.807, 2.05) is 0 Å². The molecule has 1 aromatic carbocycles. The predicted octanol–water partition coefficient (Wildman–Crippen LogP) is 2.84. The van der Waals surface area contributed by atoms with Crippen LogP contribution in [-0.2, 0) is 0 Å². The molecule has 1 aromatic rings. The van der Waals surface area contributed by atoms with Gasteiger partial charge in [-0.05, 0) is 32.0 Å². The first-order chi connectivity index (χ1) is 7.69. The second kappa shape index (κ2) is 5.25. The summed E-state index contributed by atoms with van der Waals surface area (Å²) in [6.07, 6.45) is 0. The van der Waals surface area contributed by atoms with Crippen LogP contribution in [0.4, 0.5) is 0 Å². The van der Waals surface area contributed by atoms with Gasteiger partial charge in [0.2, 0.25) is 0 Å². The lowest BCUT2D eigenvalue weighted by atomic mass is 10.1. The lowest BCUT2D eigenvalue weighted by molar-refractivity contribution is 0.0368. The molecule has 0 aromatic heterocycles. The van der Waals surface area contributed by atoms with Crippen molar-refractivity contribution < 1.29 is 9.90 Å². The highest BCUT2D eigenvalue weighted by atomic mass is 35.5. The second-order valence-electron chi connectivity index (χ2n) is 4.63. The molecule has 94 valence electrons. The van der Waals surface area contributed by atoms with E-state index in [2.05, 4.69) is 0 Å². The standard InChI is InChI=1S/C12H15Cl2NO2/c1-12(2,17)7-15(3)11(16)8-4-9(13)6-10(14)5-8/h4-6,17H,7H2,1-3H3. The van der Waals surface area contributed by atoms with E-state index in [0.717, 1.165) is 0 Å². The molecule has 0 fully saturated rings. The zero-order chi connectivity index (χ0) is 13.2. The van der Waals surface area contributed by atoms with E-state index in [9.17, 15) is 9.90 Å². The van der Waals surface area contributed by atoms with Gasteiger partial charge in [-0.2, -0.15) is 0 Å². The largest absolute Gasteiger partial charge is 0.389 e. The molecule has 5 heteroatoms. The van der Waals surface area contributed by atoms with E-state index < -0.39 is 5.60 Å². The third kappa shape index (κ3) is 4.54. The van der Waals surface area contributed by atoms with E-state index in [1.165, 1.54) is 4.90 Å². The molecule has 17 heavy (non-hydrogen) atoms. The van der Waals surface area contributed by atoms with Crippen molar-refractivity contribution in [3.8, 4) is 0 Å². The number of hydrogen-bond donors (Lipinski definition) is 1. The fourth-order valence-electron chi connectivity index (χ4n) is 1.55. The zero-order valence-corrected chi connectivity index (χ0v) is 11.5. The molecule has 0 radical (unpaired) electrons. The van der Waals surface area contributed by atoms with Crippen LogP contribution in [0.25, 0.3) is 0 Å². The number of rotatable bonds is 3. The van der Waals surface area contributed by atoms with Crippen LogP contribution in [-0.4, -0.2) is 35.1 Å². The van der Waals surface area contributed by atoms with Crippen molar-refractivity contribution in [2.24, 2.45) is 0 Å². The Balaban J connectivity index is 2.89. The van der Waals surface area contributed by atoms with Gasteiger partial charge in [-0.25, -0.2) is 0 Å². The van der Waals surface area contributed by atoms with Crippen molar-refractivity contribution in [2.75, 3.05) is 13.6 Å². The van der Waals surface area contributed by atoms with Gasteiger partial charge >= 0.3 is 0 Å². The van der Waals surface area contributed by atoms with Crippen LogP contribution in [0.2, 0.25) is 10.0 Å². The maximum atomic E-state index is 12.0. The Morgan fingerprint density at radius 1 is 1.29 bits per heavy atom. The Morgan fingerprint density at radius 3 is 2.18 bits per heavy atom. The molecule has 0 spiro atoms. The number of amides is 1. The van der Waals surface area contributed by atoms with Crippen LogP contribution >= 0.6 is 23.2 Å². The first-order valence-electron chi connectivity index (χ1n) is 5.13. The molecule has 0 saturated carbocycles. The highest BCUT2D eigenvalue weighted by molar-refractivity contribution is 6.35. The topological polar surface area (TPSA) is 40.5 Å². The minimum Gasteiger partial charge on any atom is -0.389 e. The number of carbonyl (C=O) groups excluding carboxylic acids is 1. The predicted molar refractivity (Wildman–Crippen MR) is 69.7 cm³/mol. The molecule has 0 aliphatic heterocycles. The summed E-state index contributed by atoms with van der Waals surface area (Å²) in [4.78, 5) is 13.5. The minimum atomic E-state index is -0.938. The Bertz CT molecular complexity index is 407. The summed E-state index contributed by atoms with van der Waals surface area (Å²) in [5.74, 6) is -0.225. The Labute approximate surface area is 111 Å². The number of aliphatic hydroxyl groups is 1. The third-order valence-corrected chi connectivity index (χ3v) is 2.52. The SMILES string of the molecule is CN(CC(C)(C)O)C(=O)c1cc(Cl)cc(Cl)c1. The van der Waals surface area contributed by atoms with Gasteiger partial charge in [0.15, 0.2) is 0 Å². The monoisotopic (exact) mass is 275 g/mol. The highest BCUT2D eigenvalue weighted by Gasteiger charge is 2.20. The zero-order valence-electron chi connectivity index (χ0n) is 10.00. The summed E-state index contributed by atoms with van der Waals surface area (Å²) in [5, 5.41) is 10.5. The fraction of sp³-hybridized carbons (Fsp3) is 0.417. The average molecular weight is 276 g/mol. The van der Waals surface area contributed by atoms with E-state index in [-0.39, 0.29) is 12.5 Å². The van der Waals surface area contributed by atoms with Crippen LogP contribution < -0.4 is 0 Å². The van der Waals surface area contributed by atoms with Gasteiger partial charge in [0.05, 0.1) is 5.60 Å². The molecule has 1 N–H and O–H groups in total. The first-order valence-corrected chi connectivity index (χ1v) is 5.88. The van der Waals surface area contributed by atoms with Crippen LogP contribution in [0.15, 0.2) is 18.2 Å².